The largest absolute Gasteiger partial charge is 0.369 e. The Balaban J connectivity index is 1.44. The summed E-state index contributed by atoms with van der Waals surface area (Å²) in [5, 5.41) is 4.40. The molecular formula is C24H24N6. The van der Waals surface area contributed by atoms with Crippen molar-refractivity contribution in [2.75, 3.05) is 43.4 Å². The molecule has 6 nitrogen and oxygen atoms in total. The second kappa shape index (κ2) is 8.08. The molecule has 5 rings (SSSR count). The monoisotopic (exact) mass is 396 g/mol. The van der Waals surface area contributed by atoms with Crippen molar-refractivity contribution >= 4 is 28.2 Å². The van der Waals surface area contributed by atoms with Gasteiger partial charge in [-0.3, -0.25) is 4.98 Å². The van der Waals surface area contributed by atoms with Crippen molar-refractivity contribution in [3.05, 3.63) is 73.2 Å². The number of hydrogen-bond donors (Lipinski definition) is 1. The van der Waals surface area contributed by atoms with Crippen LogP contribution >= 0.6 is 0 Å². The zero-order valence-corrected chi connectivity index (χ0v) is 17.0. The number of para-hydroxylation sites is 1. The van der Waals surface area contributed by atoms with E-state index < -0.39 is 0 Å². The molecule has 6 heteroatoms. The third kappa shape index (κ3) is 3.82. The maximum absolute atomic E-state index is 4.83. The summed E-state index contributed by atoms with van der Waals surface area (Å²) in [6.07, 6.45) is 5.52. The molecule has 2 aromatic carbocycles. The van der Waals surface area contributed by atoms with Crippen molar-refractivity contribution < 1.29 is 0 Å². The van der Waals surface area contributed by atoms with Gasteiger partial charge in [-0.05, 0) is 31.3 Å². The highest BCUT2D eigenvalue weighted by Crippen LogP contribution is 2.28. The van der Waals surface area contributed by atoms with Crippen LogP contribution in [0.5, 0.6) is 0 Å². The van der Waals surface area contributed by atoms with E-state index in [0.717, 1.165) is 53.9 Å². The Morgan fingerprint density at radius 3 is 2.60 bits per heavy atom. The summed E-state index contributed by atoms with van der Waals surface area (Å²) in [6.45, 7) is 4.26. The molecule has 2 aromatic heterocycles. The summed E-state index contributed by atoms with van der Waals surface area (Å²) in [5.74, 6) is 0.592. The molecule has 0 unspecified atom stereocenters. The van der Waals surface area contributed by atoms with E-state index in [9.17, 15) is 0 Å². The van der Waals surface area contributed by atoms with Gasteiger partial charge in [0.2, 0.25) is 5.95 Å². The van der Waals surface area contributed by atoms with Crippen molar-refractivity contribution in [1.82, 2.24) is 19.9 Å². The van der Waals surface area contributed by atoms with Crippen LogP contribution in [-0.4, -0.2) is 53.1 Å². The molecule has 0 atom stereocenters. The van der Waals surface area contributed by atoms with Crippen molar-refractivity contribution in [2.45, 2.75) is 0 Å². The highest BCUT2D eigenvalue weighted by Gasteiger charge is 2.14. The van der Waals surface area contributed by atoms with Crippen molar-refractivity contribution in [1.29, 1.82) is 0 Å². The highest BCUT2D eigenvalue weighted by atomic mass is 15.2. The van der Waals surface area contributed by atoms with Gasteiger partial charge in [-0.1, -0.05) is 30.3 Å². The topological polar surface area (TPSA) is 57.2 Å². The predicted octanol–water partition coefficient (Wildman–Crippen LogP) is 4.19. The summed E-state index contributed by atoms with van der Waals surface area (Å²) in [5.41, 5.74) is 5.23. The van der Waals surface area contributed by atoms with Gasteiger partial charge in [0, 0.05) is 72.7 Å². The van der Waals surface area contributed by atoms with E-state index in [0.29, 0.717) is 5.95 Å². The second-order valence-electron chi connectivity index (χ2n) is 7.64. The predicted molar refractivity (Wildman–Crippen MR) is 122 cm³/mol. The first-order valence-corrected chi connectivity index (χ1v) is 10.2. The van der Waals surface area contributed by atoms with E-state index in [1.165, 1.54) is 5.69 Å². The average molecular weight is 396 g/mol. The molecule has 1 N–H and O–H groups in total. The molecule has 1 aliphatic rings. The SMILES string of the molecule is CN1CCN(c2cccc(Nc3ncc4cccc(-c5cccnc5)c4n3)c2)CC1. The van der Waals surface area contributed by atoms with Crippen LogP contribution in [0.4, 0.5) is 17.3 Å². The maximum atomic E-state index is 4.83. The molecule has 3 heterocycles. The fourth-order valence-electron chi connectivity index (χ4n) is 3.85. The van der Waals surface area contributed by atoms with E-state index >= 15 is 0 Å². The van der Waals surface area contributed by atoms with Gasteiger partial charge >= 0.3 is 0 Å². The van der Waals surface area contributed by atoms with Gasteiger partial charge in [0.1, 0.15) is 0 Å². The molecule has 0 amide bonds. The Kier molecular flexibility index (Phi) is 4.99. The Labute approximate surface area is 176 Å². The van der Waals surface area contributed by atoms with Crippen molar-refractivity contribution in [2.24, 2.45) is 0 Å². The van der Waals surface area contributed by atoms with Crippen LogP contribution < -0.4 is 10.2 Å². The Morgan fingerprint density at radius 1 is 0.900 bits per heavy atom. The number of benzene rings is 2. The molecule has 1 fully saturated rings. The van der Waals surface area contributed by atoms with Crippen molar-refractivity contribution in [3.8, 4) is 11.1 Å². The number of hydrogen-bond acceptors (Lipinski definition) is 6. The van der Waals surface area contributed by atoms with E-state index in [4.69, 9.17) is 4.98 Å². The summed E-state index contributed by atoms with van der Waals surface area (Å²) in [4.78, 5) is 18.4. The number of rotatable bonds is 4. The number of fused-ring (bicyclic) bond motifs is 1. The number of likely N-dealkylation sites (N-methyl/N-ethyl adjacent to an activating group) is 1. The fourth-order valence-corrected chi connectivity index (χ4v) is 3.85. The van der Waals surface area contributed by atoms with Crippen LogP contribution in [0.2, 0.25) is 0 Å². The van der Waals surface area contributed by atoms with Crippen molar-refractivity contribution in [3.63, 3.8) is 0 Å². The van der Waals surface area contributed by atoms with Gasteiger partial charge in [-0.15, -0.1) is 0 Å². The molecule has 0 spiro atoms. The van der Waals surface area contributed by atoms with Crippen LogP contribution in [0.1, 0.15) is 0 Å². The first-order chi connectivity index (χ1) is 14.8. The molecule has 0 bridgehead atoms. The highest BCUT2D eigenvalue weighted by molar-refractivity contribution is 5.93. The Morgan fingerprint density at radius 2 is 1.77 bits per heavy atom. The molecule has 30 heavy (non-hydrogen) atoms. The van der Waals surface area contributed by atoms with Gasteiger partial charge in [-0.25, -0.2) is 9.97 Å². The quantitative estimate of drug-likeness (QED) is 0.558. The zero-order chi connectivity index (χ0) is 20.3. The first-order valence-electron chi connectivity index (χ1n) is 10.2. The molecule has 4 aromatic rings. The number of nitrogens with zero attached hydrogens (tertiary/aromatic N) is 5. The molecule has 1 aliphatic heterocycles. The summed E-state index contributed by atoms with van der Waals surface area (Å²) >= 11 is 0. The Hall–Kier alpha value is -3.51. The van der Waals surface area contributed by atoms with E-state index in [1.54, 1.807) is 6.20 Å². The van der Waals surface area contributed by atoms with Crippen LogP contribution in [0.25, 0.3) is 22.0 Å². The second-order valence-corrected chi connectivity index (χ2v) is 7.64. The molecular weight excluding hydrogens is 372 g/mol. The lowest BCUT2D eigenvalue weighted by Gasteiger charge is -2.34. The average Bonchev–Trinajstić information content (AvgIpc) is 2.80. The van der Waals surface area contributed by atoms with Gasteiger partial charge < -0.3 is 15.1 Å². The maximum Gasteiger partial charge on any atom is 0.227 e. The van der Waals surface area contributed by atoms with Gasteiger partial charge in [-0.2, -0.15) is 0 Å². The van der Waals surface area contributed by atoms with Crippen LogP contribution in [-0.2, 0) is 0 Å². The van der Waals surface area contributed by atoms with Gasteiger partial charge in [0.05, 0.1) is 5.52 Å². The standard InChI is InChI=1S/C24H24N6/c1-29-11-13-30(14-12-29)21-8-3-7-20(15-21)27-24-26-17-19-5-2-9-22(23(19)28-24)18-6-4-10-25-16-18/h2-10,15-17H,11-14H2,1H3,(H,26,27,28). The summed E-state index contributed by atoms with van der Waals surface area (Å²) in [6, 6.07) is 18.6. The van der Waals surface area contributed by atoms with Crippen LogP contribution in [0.3, 0.4) is 0 Å². The summed E-state index contributed by atoms with van der Waals surface area (Å²) in [7, 11) is 2.17. The fraction of sp³-hybridized carbons (Fsp3) is 0.208. The smallest absolute Gasteiger partial charge is 0.227 e. The number of aromatic nitrogens is 3. The lowest BCUT2D eigenvalue weighted by atomic mass is 10.0. The molecule has 0 radical (unpaired) electrons. The molecule has 150 valence electrons. The lowest BCUT2D eigenvalue weighted by Crippen LogP contribution is -2.44. The molecule has 1 saturated heterocycles. The molecule has 0 aliphatic carbocycles. The minimum atomic E-state index is 0.592. The van der Waals surface area contributed by atoms with E-state index in [2.05, 4.69) is 68.5 Å². The van der Waals surface area contributed by atoms with Gasteiger partial charge in [0.25, 0.3) is 0 Å². The summed E-state index contributed by atoms with van der Waals surface area (Å²) < 4.78 is 0. The van der Waals surface area contributed by atoms with Crippen LogP contribution in [0, 0.1) is 0 Å². The molecule has 0 saturated carbocycles. The first kappa shape index (κ1) is 18.5. The number of pyridine rings is 1. The minimum Gasteiger partial charge on any atom is -0.369 e. The zero-order valence-electron chi connectivity index (χ0n) is 17.0. The van der Waals surface area contributed by atoms with Gasteiger partial charge in [0.15, 0.2) is 0 Å². The minimum absolute atomic E-state index is 0.592. The number of anilines is 3. The van der Waals surface area contributed by atoms with E-state index in [-0.39, 0.29) is 0 Å². The Bertz CT molecular complexity index is 1150. The number of piperazine rings is 1. The third-order valence-electron chi connectivity index (χ3n) is 5.55. The van der Waals surface area contributed by atoms with Crippen LogP contribution in [0.15, 0.2) is 73.2 Å². The third-order valence-corrected chi connectivity index (χ3v) is 5.55. The number of nitrogens with one attached hydrogen (secondary N) is 1. The van der Waals surface area contributed by atoms with E-state index in [1.807, 2.05) is 30.6 Å². The normalized spacial score (nSPS) is 14.8. The lowest BCUT2D eigenvalue weighted by molar-refractivity contribution is 0.313.